The molecule has 0 aliphatic rings. The molecule has 108 valence electrons. The lowest BCUT2D eigenvalue weighted by Crippen LogP contribution is -2.08. The van der Waals surface area contributed by atoms with Crippen molar-refractivity contribution < 1.29 is 0 Å². The molecule has 0 saturated heterocycles. The third-order valence-corrected chi connectivity index (χ3v) is 3.14. The molecule has 0 spiro atoms. The highest BCUT2D eigenvalue weighted by Gasteiger charge is 2.11. The molecular formula is C16H24N4. The Hall–Kier alpha value is -1.84. The van der Waals surface area contributed by atoms with Gasteiger partial charge in [0.2, 0.25) is 0 Å². The molecule has 4 nitrogen and oxygen atoms in total. The van der Waals surface area contributed by atoms with Crippen molar-refractivity contribution in [2.75, 3.05) is 0 Å². The van der Waals surface area contributed by atoms with Gasteiger partial charge in [-0.3, -0.25) is 0 Å². The summed E-state index contributed by atoms with van der Waals surface area (Å²) >= 11 is 0. The molecule has 0 saturated carbocycles. The van der Waals surface area contributed by atoms with Crippen LogP contribution in [0.25, 0.3) is 5.57 Å². The first-order valence-electron chi connectivity index (χ1n) is 7.21. The zero-order chi connectivity index (χ0) is 14.8. The molecule has 1 unspecified atom stereocenters. The largest absolute Gasteiger partial charge is 0.199 e. The van der Waals surface area contributed by atoms with E-state index in [1.807, 2.05) is 13.0 Å². The summed E-state index contributed by atoms with van der Waals surface area (Å²) in [5.41, 5.74) is 1.07. The molecule has 1 rings (SSSR count). The van der Waals surface area contributed by atoms with Crippen molar-refractivity contribution in [2.24, 2.45) is 0 Å². The minimum absolute atomic E-state index is 0.280. The van der Waals surface area contributed by atoms with Crippen LogP contribution in [0.3, 0.4) is 0 Å². The summed E-state index contributed by atoms with van der Waals surface area (Å²) in [6.07, 6.45) is 11.9. The van der Waals surface area contributed by atoms with Gasteiger partial charge in [-0.05, 0) is 38.2 Å². The van der Waals surface area contributed by atoms with Crippen LogP contribution < -0.4 is 0 Å². The minimum Gasteiger partial charge on any atom is -0.131 e. The van der Waals surface area contributed by atoms with Crippen molar-refractivity contribution in [1.29, 1.82) is 0 Å². The zero-order valence-corrected chi connectivity index (χ0v) is 12.7. The van der Waals surface area contributed by atoms with Gasteiger partial charge in [-0.15, -0.1) is 27.0 Å². The number of hydrogen-bond acceptors (Lipinski definition) is 4. The van der Waals surface area contributed by atoms with Gasteiger partial charge in [0, 0.05) is 5.92 Å². The van der Waals surface area contributed by atoms with Gasteiger partial charge in [-0.25, -0.2) is 0 Å². The molecule has 0 amide bonds. The third kappa shape index (κ3) is 5.03. The summed E-state index contributed by atoms with van der Waals surface area (Å²) in [5, 5.41) is 16.9. The number of rotatable bonds is 8. The Bertz CT molecular complexity index is 460. The van der Waals surface area contributed by atoms with Crippen LogP contribution in [-0.2, 0) is 0 Å². The van der Waals surface area contributed by atoms with Gasteiger partial charge in [0.1, 0.15) is 0 Å². The Labute approximate surface area is 121 Å². The van der Waals surface area contributed by atoms with Gasteiger partial charge < -0.3 is 0 Å². The fraction of sp³-hybridized carbons (Fsp3) is 0.500. The average molecular weight is 272 g/mol. The fourth-order valence-corrected chi connectivity index (χ4v) is 1.82. The van der Waals surface area contributed by atoms with E-state index >= 15 is 0 Å². The van der Waals surface area contributed by atoms with Crippen LogP contribution in [0.5, 0.6) is 0 Å². The molecule has 0 N–H and O–H groups in total. The van der Waals surface area contributed by atoms with E-state index in [4.69, 9.17) is 0 Å². The van der Waals surface area contributed by atoms with Crippen molar-refractivity contribution in [3.63, 3.8) is 0 Å². The topological polar surface area (TPSA) is 51.6 Å². The first kappa shape index (κ1) is 16.2. The standard InChI is InChI=1S/C16H24N4/c1-5-8-10-11-13(4)15-17-19-16(20-18-15)14(7-3)12-9-6-2/h5-6,8,12-13H,2,7,9-11H2,1,3-4H3/b8-5?,14-12-. The Morgan fingerprint density at radius 3 is 2.50 bits per heavy atom. The van der Waals surface area contributed by atoms with E-state index in [0.717, 1.165) is 37.1 Å². The molecule has 1 atom stereocenters. The quantitative estimate of drug-likeness (QED) is 0.669. The van der Waals surface area contributed by atoms with Gasteiger partial charge in [0.25, 0.3) is 0 Å². The zero-order valence-electron chi connectivity index (χ0n) is 12.7. The van der Waals surface area contributed by atoms with E-state index in [1.165, 1.54) is 0 Å². The second-order valence-electron chi connectivity index (χ2n) is 4.74. The van der Waals surface area contributed by atoms with E-state index < -0.39 is 0 Å². The lowest BCUT2D eigenvalue weighted by molar-refractivity contribution is 0.605. The molecule has 0 radical (unpaired) electrons. The molecule has 0 fully saturated rings. The van der Waals surface area contributed by atoms with Crippen molar-refractivity contribution in [3.8, 4) is 0 Å². The van der Waals surface area contributed by atoms with Crippen molar-refractivity contribution in [1.82, 2.24) is 20.4 Å². The summed E-state index contributed by atoms with van der Waals surface area (Å²) < 4.78 is 0. The van der Waals surface area contributed by atoms with E-state index in [2.05, 4.69) is 59.0 Å². The molecule has 4 heteroatoms. The number of allylic oxidation sites excluding steroid dienone is 5. The average Bonchev–Trinajstić information content (AvgIpc) is 2.49. The number of hydrogen-bond donors (Lipinski definition) is 0. The third-order valence-electron chi connectivity index (χ3n) is 3.14. The molecular weight excluding hydrogens is 248 g/mol. The first-order valence-corrected chi connectivity index (χ1v) is 7.21. The predicted molar refractivity (Wildman–Crippen MR) is 83.2 cm³/mol. The first-order chi connectivity index (χ1) is 9.72. The van der Waals surface area contributed by atoms with Gasteiger partial charge in [0.05, 0.1) is 0 Å². The van der Waals surface area contributed by atoms with Crippen LogP contribution >= 0.6 is 0 Å². The maximum atomic E-state index is 4.22. The van der Waals surface area contributed by atoms with Crippen molar-refractivity contribution >= 4 is 5.57 Å². The maximum Gasteiger partial charge on any atom is 0.199 e. The van der Waals surface area contributed by atoms with Crippen LogP contribution in [-0.4, -0.2) is 20.4 Å². The molecule has 1 heterocycles. The van der Waals surface area contributed by atoms with Crippen LogP contribution in [0.1, 0.15) is 64.0 Å². The van der Waals surface area contributed by atoms with Crippen LogP contribution in [0, 0.1) is 0 Å². The second-order valence-corrected chi connectivity index (χ2v) is 4.74. The molecule has 20 heavy (non-hydrogen) atoms. The highest BCUT2D eigenvalue weighted by molar-refractivity contribution is 5.58. The Morgan fingerprint density at radius 2 is 1.95 bits per heavy atom. The highest BCUT2D eigenvalue weighted by Crippen LogP contribution is 2.17. The summed E-state index contributed by atoms with van der Waals surface area (Å²) in [7, 11) is 0. The lowest BCUT2D eigenvalue weighted by atomic mass is 10.1. The van der Waals surface area contributed by atoms with Crippen molar-refractivity contribution in [2.45, 2.75) is 52.4 Å². The lowest BCUT2D eigenvalue weighted by Gasteiger charge is -2.07. The van der Waals surface area contributed by atoms with E-state index in [9.17, 15) is 0 Å². The van der Waals surface area contributed by atoms with Gasteiger partial charge in [-0.1, -0.05) is 38.2 Å². The summed E-state index contributed by atoms with van der Waals surface area (Å²) in [6.45, 7) is 9.92. The molecule has 0 aliphatic carbocycles. The Kier molecular flexibility index (Phi) is 7.40. The molecule has 1 aromatic heterocycles. The maximum absolute atomic E-state index is 4.22. The minimum atomic E-state index is 0.280. The number of aromatic nitrogens is 4. The predicted octanol–water partition coefficient (Wildman–Crippen LogP) is 4.10. The Morgan fingerprint density at radius 1 is 1.25 bits per heavy atom. The highest BCUT2D eigenvalue weighted by atomic mass is 15.3. The smallest absolute Gasteiger partial charge is 0.131 e. The van der Waals surface area contributed by atoms with E-state index in [1.54, 1.807) is 0 Å². The molecule has 0 aliphatic heterocycles. The van der Waals surface area contributed by atoms with E-state index in [-0.39, 0.29) is 5.92 Å². The van der Waals surface area contributed by atoms with Gasteiger partial charge >= 0.3 is 0 Å². The van der Waals surface area contributed by atoms with Crippen LogP contribution in [0.2, 0.25) is 0 Å². The summed E-state index contributed by atoms with van der Waals surface area (Å²) in [6, 6.07) is 0. The van der Waals surface area contributed by atoms with Crippen LogP contribution in [0.15, 0.2) is 30.9 Å². The summed E-state index contributed by atoms with van der Waals surface area (Å²) in [5.74, 6) is 1.62. The SMILES string of the molecule is C=CC/C=C(/CC)c1nnc(C(C)CCC=CC)nn1. The summed E-state index contributed by atoms with van der Waals surface area (Å²) in [4.78, 5) is 0. The van der Waals surface area contributed by atoms with E-state index in [0.29, 0.717) is 5.82 Å². The second kappa shape index (κ2) is 9.13. The van der Waals surface area contributed by atoms with Crippen LogP contribution in [0.4, 0.5) is 0 Å². The monoisotopic (exact) mass is 272 g/mol. The number of nitrogens with zero attached hydrogens (tertiary/aromatic N) is 4. The molecule has 0 bridgehead atoms. The Balaban J connectivity index is 2.74. The molecule has 0 aromatic carbocycles. The van der Waals surface area contributed by atoms with Crippen molar-refractivity contribution in [3.05, 3.63) is 42.5 Å². The molecule has 1 aromatic rings. The normalized spacial score (nSPS) is 13.7. The van der Waals surface area contributed by atoms with Gasteiger partial charge in [-0.2, -0.15) is 0 Å². The fourth-order valence-electron chi connectivity index (χ4n) is 1.82. The van der Waals surface area contributed by atoms with Gasteiger partial charge in [0.15, 0.2) is 11.6 Å².